The van der Waals surface area contributed by atoms with Crippen LogP contribution in [0.4, 0.5) is 13.2 Å². The fourth-order valence-electron chi connectivity index (χ4n) is 3.46. The average molecular weight is 542 g/mol. The minimum Gasteiger partial charge on any atom is -0.382 e. The lowest BCUT2D eigenvalue weighted by atomic mass is 10.2. The van der Waals surface area contributed by atoms with E-state index in [1.54, 1.807) is 31.2 Å². The highest BCUT2D eigenvalue weighted by molar-refractivity contribution is 6.31. The molecule has 0 saturated heterocycles. The maximum atomic E-state index is 13.1. The van der Waals surface area contributed by atoms with Crippen molar-refractivity contribution < 1.29 is 18.3 Å². The smallest absolute Gasteiger partial charge is 0.382 e. The summed E-state index contributed by atoms with van der Waals surface area (Å²) in [5, 5.41) is 19.1. The molecule has 2 aromatic carbocycles. The summed E-state index contributed by atoms with van der Waals surface area (Å²) in [7, 11) is 0. The van der Waals surface area contributed by atoms with Crippen molar-refractivity contribution in [1.29, 1.82) is 0 Å². The quantitative estimate of drug-likeness (QED) is 0.369. The summed E-state index contributed by atoms with van der Waals surface area (Å²) >= 11 is 12.0. The van der Waals surface area contributed by atoms with E-state index in [1.807, 2.05) is 0 Å². The van der Waals surface area contributed by atoms with Crippen molar-refractivity contribution in [3.8, 4) is 17.1 Å². The van der Waals surface area contributed by atoms with Gasteiger partial charge in [0.1, 0.15) is 12.4 Å². The molecule has 0 aliphatic rings. The van der Waals surface area contributed by atoms with Gasteiger partial charge in [0.25, 0.3) is 0 Å². The maximum absolute atomic E-state index is 13.1. The van der Waals surface area contributed by atoms with E-state index in [9.17, 15) is 23.1 Å². The Hall–Kier alpha value is -3.19. The van der Waals surface area contributed by atoms with Crippen LogP contribution in [0.5, 0.6) is 0 Å². The summed E-state index contributed by atoms with van der Waals surface area (Å²) in [5.74, 6) is 0.444. The molecule has 0 bridgehead atoms. The molecule has 0 aliphatic heterocycles. The van der Waals surface area contributed by atoms with Gasteiger partial charge in [-0.15, -0.1) is 10.2 Å². The van der Waals surface area contributed by atoms with E-state index in [0.717, 1.165) is 9.25 Å². The van der Waals surface area contributed by atoms with Crippen molar-refractivity contribution in [2.24, 2.45) is 5.73 Å². The molecule has 0 saturated carbocycles. The topological polar surface area (TPSA) is 117 Å². The number of aromatic nitrogens is 6. The normalized spacial score (nSPS) is 13.7. The van der Waals surface area contributed by atoms with Crippen LogP contribution in [0.25, 0.3) is 17.1 Å². The lowest BCUT2D eigenvalue weighted by Crippen LogP contribution is -2.37. The molecule has 2 atom stereocenters. The fraction of sp³-hybridized carbons (Fsp3) is 0.273. The predicted octanol–water partition coefficient (Wildman–Crippen LogP) is 3.59. The number of benzene rings is 2. The molecule has 0 amide bonds. The Kier molecular flexibility index (Phi) is 7.23. The van der Waals surface area contributed by atoms with Gasteiger partial charge in [-0.25, -0.2) is 19.1 Å². The van der Waals surface area contributed by atoms with Crippen molar-refractivity contribution in [2.45, 2.75) is 38.3 Å². The van der Waals surface area contributed by atoms with Gasteiger partial charge < -0.3 is 10.8 Å². The molecule has 4 aromatic rings. The van der Waals surface area contributed by atoms with Crippen LogP contribution in [0.1, 0.15) is 24.6 Å². The highest BCUT2D eigenvalue weighted by Gasteiger charge is 2.39. The third-order valence-corrected chi connectivity index (χ3v) is 5.67. The van der Waals surface area contributed by atoms with Gasteiger partial charge in [0.15, 0.2) is 17.8 Å². The summed E-state index contributed by atoms with van der Waals surface area (Å²) in [6.07, 6.45) is -7.70. The van der Waals surface area contributed by atoms with Crippen molar-refractivity contribution >= 4 is 23.2 Å². The van der Waals surface area contributed by atoms with Gasteiger partial charge in [-0.1, -0.05) is 29.3 Å². The molecule has 2 heterocycles. The highest BCUT2D eigenvalue weighted by Crippen LogP contribution is 2.24. The van der Waals surface area contributed by atoms with Gasteiger partial charge in [-0.05, 0) is 49.4 Å². The second-order valence-electron chi connectivity index (χ2n) is 8.01. The van der Waals surface area contributed by atoms with Gasteiger partial charge in [-0.3, -0.25) is 4.57 Å². The standard InChI is InChI=1S/C22H20Cl2F3N7O2/c1-12(28)19-29-18(30-34(19)16-4-2-3-15(24)9-16)11-33-21(36)32(10-17(35)22(25,26)27)20(31-33)13-5-7-14(23)8-6-13/h2-9,12,17,35H,10-11,28H2,1H3/t12-,17-/m0/s1. The SMILES string of the molecule is C[C@H](N)c1nc(Cn2nc(-c3ccc(Cl)cc3)n(C[C@H](O)C(F)(F)F)c2=O)nn1-c1cccc(Cl)c1. The largest absolute Gasteiger partial charge is 0.416 e. The third kappa shape index (κ3) is 5.46. The molecule has 3 N–H and O–H groups in total. The zero-order chi connectivity index (χ0) is 26.2. The molecular formula is C22H20Cl2F3N7O2. The minimum absolute atomic E-state index is 0.0818. The second kappa shape index (κ2) is 10.1. The Balaban J connectivity index is 1.77. The Morgan fingerprint density at radius 3 is 2.39 bits per heavy atom. The molecule has 0 fully saturated rings. The molecule has 2 aromatic heterocycles. The van der Waals surface area contributed by atoms with Crippen molar-refractivity contribution in [3.63, 3.8) is 0 Å². The van der Waals surface area contributed by atoms with Crippen LogP contribution >= 0.6 is 23.2 Å². The van der Waals surface area contributed by atoms with E-state index in [-0.39, 0.29) is 18.2 Å². The van der Waals surface area contributed by atoms with Crippen LogP contribution in [0.15, 0.2) is 53.3 Å². The van der Waals surface area contributed by atoms with Gasteiger partial charge in [-0.2, -0.15) is 13.2 Å². The lowest BCUT2D eigenvalue weighted by molar-refractivity contribution is -0.207. The maximum Gasteiger partial charge on any atom is 0.416 e. The van der Waals surface area contributed by atoms with Crippen molar-refractivity contribution in [2.75, 3.05) is 0 Å². The Morgan fingerprint density at radius 2 is 1.78 bits per heavy atom. The number of nitrogens with zero attached hydrogens (tertiary/aromatic N) is 6. The summed E-state index contributed by atoms with van der Waals surface area (Å²) in [6, 6.07) is 12.3. The van der Waals surface area contributed by atoms with E-state index in [1.165, 1.54) is 28.9 Å². The van der Waals surface area contributed by atoms with Gasteiger partial charge in [0.05, 0.1) is 18.3 Å². The minimum atomic E-state index is -4.93. The van der Waals surface area contributed by atoms with Crippen LogP contribution in [0.2, 0.25) is 10.0 Å². The first-order chi connectivity index (χ1) is 16.9. The molecule has 9 nitrogen and oxygen atoms in total. The number of rotatable bonds is 7. The molecule has 0 aliphatic carbocycles. The van der Waals surface area contributed by atoms with E-state index in [4.69, 9.17) is 28.9 Å². The van der Waals surface area contributed by atoms with Crippen LogP contribution in [0, 0.1) is 0 Å². The van der Waals surface area contributed by atoms with Crippen molar-refractivity contribution in [3.05, 3.63) is 80.7 Å². The Labute approximate surface area is 212 Å². The molecule has 14 heteroatoms. The summed E-state index contributed by atoms with van der Waals surface area (Å²) in [5.41, 5.74) is 6.08. The monoisotopic (exact) mass is 541 g/mol. The second-order valence-corrected chi connectivity index (χ2v) is 8.88. The van der Waals surface area contributed by atoms with E-state index in [0.29, 0.717) is 27.1 Å². The lowest BCUT2D eigenvalue weighted by Gasteiger charge is -2.15. The van der Waals surface area contributed by atoms with E-state index < -0.39 is 30.6 Å². The summed E-state index contributed by atoms with van der Waals surface area (Å²) in [4.78, 5) is 17.5. The van der Waals surface area contributed by atoms with E-state index in [2.05, 4.69) is 15.2 Å². The van der Waals surface area contributed by atoms with Gasteiger partial charge >= 0.3 is 11.9 Å². The summed E-state index contributed by atoms with van der Waals surface area (Å²) in [6.45, 7) is 0.393. The number of halogens is 5. The fourth-order valence-corrected chi connectivity index (χ4v) is 3.77. The zero-order valence-corrected chi connectivity index (χ0v) is 20.2. The molecule has 4 rings (SSSR count). The molecule has 0 spiro atoms. The molecular weight excluding hydrogens is 522 g/mol. The van der Waals surface area contributed by atoms with E-state index >= 15 is 0 Å². The predicted molar refractivity (Wildman–Crippen MR) is 127 cm³/mol. The molecule has 0 unspecified atom stereocenters. The Bertz CT molecular complexity index is 1430. The molecule has 36 heavy (non-hydrogen) atoms. The number of nitrogens with two attached hydrogens (primary N) is 1. The van der Waals surface area contributed by atoms with Crippen LogP contribution in [0.3, 0.4) is 0 Å². The number of aliphatic hydroxyl groups is 1. The van der Waals surface area contributed by atoms with Crippen LogP contribution in [-0.4, -0.2) is 46.5 Å². The number of aliphatic hydroxyl groups excluding tert-OH is 1. The molecule has 0 radical (unpaired) electrons. The first-order valence-electron chi connectivity index (χ1n) is 10.6. The Morgan fingerprint density at radius 1 is 1.08 bits per heavy atom. The first-order valence-corrected chi connectivity index (χ1v) is 11.4. The third-order valence-electron chi connectivity index (χ3n) is 5.19. The highest BCUT2D eigenvalue weighted by atomic mass is 35.5. The van der Waals surface area contributed by atoms with Crippen LogP contribution in [-0.2, 0) is 13.1 Å². The number of alkyl halides is 3. The van der Waals surface area contributed by atoms with Gasteiger partial charge in [0.2, 0.25) is 0 Å². The molecule has 190 valence electrons. The number of hydrogen-bond donors (Lipinski definition) is 2. The van der Waals surface area contributed by atoms with Gasteiger partial charge in [0, 0.05) is 15.6 Å². The van der Waals surface area contributed by atoms with Crippen molar-refractivity contribution in [1.82, 2.24) is 29.1 Å². The first kappa shape index (κ1) is 25.9. The average Bonchev–Trinajstić information content (AvgIpc) is 3.36. The zero-order valence-electron chi connectivity index (χ0n) is 18.7. The summed E-state index contributed by atoms with van der Waals surface area (Å²) < 4.78 is 42.3. The van der Waals surface area contributed by atoms with Crippen LogP contribution < -0.4 is 11.4 Å². The number of hydrogen-bond acceptors (Lipinski definition) is 6.